The number of halogens is 1. The number of nitrogens with zero attached hydrogens (tertiary/aromatic N) is 3. The monoisotopic (exact) mass is 440 g/mol. The van der Waals surface area contributed by atoms with Gasteiger partial charge in [-0.3, -0.25) is 14.2 Å². The smallest absolute Gasteiger partial charge is 0.350 e. The van der Waals surface area contributed by atoms with Crippen LogP contribution in [0.15, 0.2) is 52.1 Å². The van der Waals surface area contributed by atoms with Crippen molar-refractivity contribution in [3.8, 4) is 5.69 Å². The first-order valence-corrected chi connectivity index (χ1v) is 10.4. The van der Waals surface area contributed by atoms with Gasteiger partial charge < -0.3 is 5.32 Å². The summed E-state index contributed by atoms with van der Waals surface area (Å²) >= 11 is 6.24. The largest absolute Gasteiger partial charge is 0.352 e. The van der Waals surface area contributed by atoms with E-state index in [2.05, 4.69) is 10.4 Å². The SMILES string of the molecule is Cc1ccc(-n2nc(C(=O)NCC(C)C)c(=O)n(Cc3ccccc3Cl)c2=O)cc1C. The number of nitrogens with one attached hydrogen (secondary N) is 1. The molecule has 7 nitrogen and oxygen atoms in total. The summed E-state index contributed by atoms with van der Waals surface area (Å²) in [6.45, 7) is 8.07. The van der Waals surface area contributed by atoms with Gasteiger partial charge in [-0.25, -0.2) is 4.79 Å². The molecule has 3 aromatic rings. The lowest BCUT2D eigenvalue weighted by molar-refractivity contribution is 0.0939. The van der Waals surface area contributed by atoms with Crippen LogP contribution in [0.3, 0.4) is 0 Å². The van der Waals surface area contributed by atoms with Crippen molar-refractivity contribution in [1.29, 1.82) is 0 Å². The van der Waals surface area contributed by atoms with E-state index >= 15 is 0 Å². The Balaban J connectivity index is 2.20. The van der Waals surface area contributed by atoms with Crippen LogP contribution in [0, 0.1) is 19.8 Å². The summed E-state index contributed by atoms with van der Waals surface area (Å²) < 4.78 is 2.09. The van der Waals surface area contributed by atoms with Gasteiger partial charge in [0.2, 0.25) is 5.69 Å². The maximum Gasteiger partial charge on any atom is 0.352 e. The van der Waals surface area contributed by atoms with Crippen molar-refractivity contribution < 1.29 is 4.79 Å². The Hall–Kier alpha value is -3.19. The Labute approximate surface area is 185 Å². The summed E-state index contributed by atoms with van der Waals surface area (Å²) in [6.07, 6.45) is 0. The lowest BCUT2D eigenvalue weighted by Crippen LogP contribution is -2.46. The summed E-state index contributed by atoms with van der Waals surface area (Å²) in [6, 6.07) is 12.3. The average Bonchev–Trinajstić information content (AvgIpc) is 2.73. The van der Waals surface area contributed by atoms with Crippen molar-refractivity contribution in [3.05, 3.63) is 90.7 Å². The van der Waals surface area contributed by atoms with Gasteiger partial charge in [-0.05, 0) is 54.7 Å². The molecule has 0 atom stereocenters. The molecule has 0 unspecified atom stereocenters. The van der Waals surface area contributed by atoms with Crippen LogP contribution in [-0.2, 0) is 6.54 Å². The van der Waals surface area contributed by atoms with Crippen molar-refractivity contribution in [3.63, 3.8) is 0 Å². The molecule has 0 saturated heterocycles. The second-order valence-electron chi connectivity index (χ2n) is 7.90. The fourth-order valence-electron chi connectivity index (χ4n) is 3.00. The maximum absolute atomic E-state index is 13.2. The molecule has 1 N–H and O–H groups in total. The number of carbonyl (C=O) groups is 1. The van der Waals surface area contributed by atoms with E-state index in [4.69, 9.17) is 11.6 Å². The number of benzene rings is 2. The van der Waals surface area contributed by atoms with Crippen molar-refractivity contribution in [1.82, 2.24) is 19.7 Å². The van der Waals surface area contributed by atoms with Gasteiger partial charge in [0.1, 0.15) is 0 Å². The average molecular weight is 441 g/mol. The highest BCUT2D eigenvalue weighted by atomic mass is 35.5. The molecule has 1 amide bonds. The molecule has 0 bridgehead atoms. The van der Waals surface area contributed by atoms with Crippen LogP contribution < -0.4 is 16.6 Å². The third kappa shape index (κ3) is 4.94. The molecule has 0 spiro atoms. The minimum atomic E-state index is -0.758. The lowest BCUT2D eigenvalue weighted by Gasteiger charge is -2.14. The number of amides is 1. The van der Waals surface area contributed by atoms with Crippen LogP contribution in [0.4, 0.5) is 0 Å². The van der Waals surface area contributed by atoms with Gasteiger partial charge in [-0.2, -0.15) is 9.78 Å². The van der Waals surface area contributed by atoms with Gasteiger partial charge in [0.15, 0.2) is 0 Å². The van der Waals surface area contributed by atoms with Crippen molar-refractivity contribution >= 4 is 17.5 Å². The molecule has 1 heterocycles. The quantitative estimate of drug-likeness (QED) is 0.638. The number of aromatic nitrogens is 3. The second kappa shape index (κ2) is 9.31. The molecular weight excluding hydrogens is 416 g/mol. The van der Waals surface area contributed by atoms with Crippen molar-refractivity contribution in [2.24, 2.45) is 5.92 Å². The second-order valence-corrected chi connectivity index (χ2v) is 8.31. The molecule has 3 rings (SSSR count). The molecular formula is C23H25ClN4O3. The van der Waals surface area contributed by atoms with Gasteiger partial charge in [0, 0.05) is 11.6 Å². The van der Waals surface area contributed by atoms with Gasteiger partial charge >= 0.3 is 5.69 Å². The van der Waals surface area contributed by atoms with Crippen LogP contribution in [-0.4, -0.2) is 26.8 Å². The standard InChI is InChI=1S/C23H25ClN4O3/c1-14(2)12-25-21(29)20-22(30)27(13-17-7-5-6-8-19(17)24)23(31)28(26-20)18-10-9-15(3)16(4)11-18/h5-11,14H,12-13H2,1-4H3,(H,25,29). The van der Waals surface area contributed by atoms with E-state index in [1.165, 1.54) is 0 Å². The highest BCUT2D eigenvalue weighted by molar-refractivity contribution is 6.31. The highest BCUT2D eigenvalue weighted by Crippen LogP contribution is 2.15. The van der Waals surface area contributed by atoms with Crippen LogP contribution in [0.25, 0.3) is 5.69 Å². The molecule has 0 fully saturated rings. The van der Waals surface area contributed by atoms with Crippen LogP contribution >= 0.6 is 11.6 Å². The molecule has 0 aliphatic carbocycles. The Bertz CT molecular complexity index is 1240. The predicted molar refractivity (Wildman–Crippen MR) is 121 cm³/mol. The number of carbonyl (C=O) groups excluding carboxylic acids is 1. The topological polar surface area (TPSA) is 86.0 Å². The summed E-state index contributed by atoms with van der Waals surface area (Å²) in [4.78, 5) is 39.0. The zero-order valence-electron chi connectivity index (χ0n) is 18.0. The summed E-state index contributed by atoms with van der Waals surface area (Å²) in [5, 5.41) is 7.27. The van der Waals surface area contributed by atoms with Gasteiger partial charge in [0.05, 0.1) is 12.2 Å². The number of hydrogen-bond acceptors (Lipinski definition) is 4. The summed E-state index contributed by atoms with van der Waals surface area (Å²) in [5.74, 6) is -0.427. The Morgan fingerprint density at radius 2 is 1.81 bits per heavy atom. The zero-order valence-corrected chi connectivity index (χ0v) is 18.7. The molecule has 0 radical (unpaired) electrons. The van der Waals surface area contributed by atoms with Crippen molar-refractivity contribution in [2.45, 2.75) is 34.2 Å². The van der Waals surface area contributed by atoms with E-state index in [9.17, 15) is 14.4 Å². The molecule has 31 heavy (non-hydrogen) atoms. The first-order valence-electron chi connectivity index (χ1n) is 10.0. The Morgan fingerprint density at radius 1 is 1.10 bits per heavy atom. The Kier molecular flexibility index (Phi) is 6.75. The van der Waals surface area contributed by atoms with E-state index in [0.29, 0.717) is 22.8 Å². The van der Waals surface area contributed by atoms with E-state index in [0.717, 1.165) is 20.4 Å². The third-order valence-corrected chi connectivity index (χ3v) is 5.34. The van der Waals surface area contributed by atoms with Crippen LogP contribution in [0.2, 0.25) is 5.02 Å². The number of hydrogen-bond donors (Lipinski definition) is 1. The molecule has 2 aromatic carbocycles. The summed E-state index contributed by atoms with van der Waals surface area (Å²) in [5.41, 5.74) is 1.33. The summed E-state index contributed by atoms with van der Waals surface area (Å²) in [7, 11) is 0. The molecule has 1 aromatic heterocycles. The van der Waals surface area contributed by atoms with Gasteiger partial charge in [0.25, 0.3) is 11.5 Å². The first-order chi connectivity index (χ1) is 14.7. The van der Waals surface area contributed by atoms with Crippen LogP contribution in [0.1, 0.15) is 41.0 Å². The van der Waals surface area contributed by atoms with E-state index in [1.807, 2.05) is 33.8 Å². The molecule has 0 aliphatic heterocycles. The number of rotatable bonds is 6. The molecule has 0 aliphatic rings. The van der Waals surface area contributed by atoms with E-state index in [1.54, 1.807) is 36.4 Å². The maximum atomic E-state index is 13.2. The predicted octanol–water partition coefficient (Wildman–Crippen LogP) is 3.10. The molecule has 162 valence electrons. The zero-order chi connectivity index (χ0) is 22.7. The van der Waals surface area contributed by atoms with Crippen molar-refractivity contribution in [2.75, 3.05) is 6.54 Å². The van der Waals surface area contributed by atoms with E-state index < -0.39 is 17.2 Å². The Morgan fingerprint density at radius 3 is 2.45 bits per heavy atom. The number of aryl methyl sites for hydroxylation is 2. The minimum absolute atomic E-state index is 0.0742. The minimum Gasteiger partial charge on any atom is -0.350 e. The van der Waals surface area contributed by atoms with E-state index in [-0.39, 0.29) is 18.2 Å². The molecule has 8 heteroatoms. The third-order valence-electron chi connectivity index (χ3n) is 4.97. The normalized spacial score (nSPS) is 11.0. The lowest BCUT2D eigenvalue weighted by atomic mass is 10.1. The molecule has 0 saturated carbocycles. The fourth-order valence-corrected chi connectivity index (χ4v) is 3.20. The highest BCUT2D eigenvalue weighted by Gasteiger charge is 2.21. The van der Waals surface area contributed by atoms with Gasteiger partial charge in [-0.1, -0.05) is 49.7 Å². The van der Waals surface area contributed by atoms with Gasteiger partial charge in [-0.15, -0.1) is 0 Å². The fraction of sp³-hybridized carbons (Fsp3) is 0.304. The van der Waals surface area contributed by atoms with Crippen LogP contribution in [0.5, 0.6) is 0 Å². The first kappa shape index (κ1) is 22.5.